The molecule has 4 heteroatoms. The Hall–Kier alpha value is -0.616. The number of rotatable bonds is 6. The minimum absolute atomic E-state index is 1.22. The zero-order valence-electron chi connectivity index (χ0n) is 12.8. The summed E-state index contributed by atoms with van der Waals surface area (Å²) in [6.07, 6.45) is 1.93. The number of anilines is 1. The van der Waals surface area contributed by atoms with E-state index in [1.54, 1.807) is 0 Å². The Labute approximate surface area is 115 Å². The first-order valence-electron chi connectivity index (χ1n) is 7.12. The number of pyridine rings is 1. The Morgan fingerprint density at radius 1 is 1.00 bits per heavy atom. The quantitative estimate of drug-likeness (QED) is 0.700. The molecule has 18 heavy (non-hydrogen) atoms. The molecule has 0 atom stereocenters. The molecule has 1 aromatic rings. The van der Waals surface area contributed by atoms with Crippen molar-refractivity contribution in [3.05, 3.63) is 24.4 Å². The molecule has 2 nitrogen and oxygen atoms in total. The smallest absolute Gasteiger partial charge is 0.148 e. The molecular formula is C14H28N2Si2. The largest absolute Gasteiger partial charge is 0.409 e. The maximum atomic E-state index is 4.65. The summed E-state index contributed by atoms with van der Waals surface area (Å²) < 4.78 is 2.79. The van der Waals surface area contributed by atoms with Crippen LogP contribution >= 0.6 is 0 Å². The van der Waals surface area contributed by atoms with E-state index in [1.807, 2.05) is 12.3 Å². The molecule has 0 saturated heterocycles. The van der Waals surface area contributed by atoms with E-state index in [9.17, 15) is 0 Å². The highest BCUT2D eigenvalue weighted by Crippen LogP contribution is 2.33. The molecule has 1 rings (SSSR count). The Bertz CT molecular complexity index is 348. The average Bonchev–Trinajstić information content (AvgIpc) is 2.35. The predicted molar refractivity (Wildman–Crippen MR) is 87.3 cm³/mol. The minimum Gasteiger partial charge on any atom is -0.409 e. The van der Waals surface area contributed by atoms with Gasteiger partial charge in [0.05, 0.1) is 0 Å². The fraction of sp³-hybridized carbons (Fsp3) is 0.643. The van der Waals surface area contributed by atoms with Crippen LogP contribution in [0, 0.1) is 0 Å². The maximum absolute atomic E-state index is 4.65. The molecule has 0 aromatic carbocycles. The molecule has 0 amide bonds. The van der Waals surface area contributed by atoms with Crippen LogP contribution in [0.15, 0.2) is 24.4 Å². The van der Waals surface area contributed by atoms with Gasteiger partial charge in [0, 0.05) is 6.20 Å². The fourth-order valence-electron chi connectivity index (χ4n) is 3.01. The maximum Gasteiger partial charge on any atom is 0.148 e. The molecule has 0 aliphatic carbocycles. The number of hydrogen-bond acceptors (Lipinski definition) is 2. The van der Waals surface area contributed by atoms with E-state index < -0.39 is 16.5 Å². The van der Waals surface area contributed by atoms with Crippen molar-refractivity contribution < 1.29 is 0 Å². The zero-order valence-corrected chi connectivity index (χ0v) is 14.8. The van der Waals surface area contributed by atoms with Crippen molar-refractivity contribution in [2.45, 2.75) is 58.5 Å². The Morgan fingerprint density at radius 2 is 1.56 bits per heavy atom. The molecule has 0 bridgehead atoms. The van der Waals surface area contributed by atoms with Gasteiger partial charge in [0.15, 0.2) is 0 Å². The summed E-state index contributed by atoms with van der Waals surface area (Å²) in [4.78, 5) is 4.65. The van der Waals surface area contributed by atoms with Gasteiger partial charge in [0.2, 0.25) is 0 Å². The second-order valence-corrected chi connectivity index (χ2v) is 16.2. The van der Waals surface area contributed by atoms with Crippen LogP contribution < -0.4 is 4.23 Å². The SMILES string of the molecule is CC[Si](CC)(CC)N(c1ccccn1)[Si](C)(C)C. The lowest BCUT2D eigenvalue weighted by Gasteiger charge is -2.49. The zero-order chi connectivity index (χ0) is 13.8. The van der Waals surface area contributed by atoms with Gasteiger partial charge in [-0.3, -0.25) is 0 Å². The third kappa shape index (κ3) is 3.03. The van der Waals surface area contributed by atoms with Crippen LogP contribution in [0.1, 0.15) is 20.8 Å². The molecular weight excluding hydrogens is 252 g/mol. The van der Waals surface area contributed by atoms with Gasteiger partial charge in [-0.05, 0) is 30.3 Å². The summed E-state index contributed by atoms with van der Waals surface area (Å²) in [6.45, 7) is 14.5. The van der Waals surface area contributed by atoms with E-state index >= 15 is 0 Å². The molecule has 1 heterocycles. The summed E-state index contributed by atoms with van der Waals surface area (Å²) in [6, 6.07) is 10.3. The van der Waals surface area contributed by atoms with Gasteiger partial charge in [0.25, 0.3) is 0 Å². The molecule has 1 aromatic heterocycles. The van der Waals surface area contributed by atoms with E-state index in [0.717, 1.165) is 0 Å². The molecule has 0 unspecified atom stereocenters. The standard InChI is InChI=1S/C14H28N2Si2/c1-7-18(8-2,9-3)16(17(4,5)6)14-12-10-11-13-15-14/h10-13H,7-9H2,1-6H3. The second-order valence-electron chi connectivity index (χ2n) is 5.98. The first kappa shape index (κ1) is 15.4. The number of aromatic nitrogens is 1. The van der Waals surface area contributed by atoms with Gasteiger partial charge < -0.3 is 4.23 Å². The Morgan fingerprint density at radius 3 is 1.89 bits per heavy atom. The summed E-state index contributed by atoms with van der Waals surface area (Å²) in [7, 11) is -2.78. The van der Waals surface area contributed by atoms with Gasteiger partial charge in [-0.25, -0.2) is 4.98 Å². The normalized spacial score (nSPS) is 12.6. The van der Waals surface area contributed by atoms with Crippen LogP contribution in [-0.2, 0) is 0 Å². The van der Waals surface area contributed by atoms with Crippen molar-refractivity contribution in [2.75, 3.05) is 4.23 Å². The average molecular weight is 281 g/mol. The van der Waals surface area contributed by atoms with Crippen molar-refractivity contribution in [3.63, 3.8) is 0 Å². The lowest BCUT2D eigenvalue weighted by atomic mass is 10.5. The van der Waals surface area contributed by atoms with Crippen molar-refractivity contribution >= 4 is 22.3 Å². The molecule has 0 spiro atoms. The second kappa shape index (κ2) is 6.02. The van der Waals surface area contributed by atoms with E-state index in [4.69, 9.17) is 0 Å². The van der Waals surface area contributed by atoms with E-state index in [1.165, 1.54) is 24.0 Å². The van der Waals surface area contributed by atoms with Gasteiger partial charge >= 0.3 is 0 Å². The fourth-order valence-corrected chi connectivity index (χ4v) is 14.0. The van der Waals surface area contributed by atoms with Gasteiger partial charge in [-0.1, -0.05) is 46.5 Å². The van der Waals surface area contributed by atoms with Crippen LogP contribution in [0.2, 0.25) is 37.8 Å². The molecule has 0 aliphatic heterocycles. The summed E-state index contributed by atoms with van der Waals surface area (Å²) in [5.74, 6) is 1.22. The summed E-state index contributed by atoms with van der Waals surface area (Å²) in [5, 5.41) is 0. The topological polar surface area (TPSA) is 16.1 Å². The highest BCUT2D eigenvalue weighted by atomic mass is 28.4. The van der Waals surface area contributed by atoms with Crippen LogP contribution in [0.4, 0.5) is 5.82 Å². The molecule has 0 radical (unpaired) electrons. The number of nitrogens with zero attached hydrogens (tertiary/aromatic N) is 2. The summed E-state index contributed by atoms with van der Waals surface area (Å²) >= 11 is 0. The van der Waals surface area contributed by atoms with Crippen molar-refractivity contribution in [1.29, 1.82) is 0 Å². The summed E-state index contributed by atoms with van der Waals surface area (Å²) in [5.41, 5.74) is 0. The van der Waals surface area contributed by atoms with Gasteiger partial charge in [-0.2, -0.15) is 0 Å². The van der Waals surface area contributed by atoms with Gasteiger partial charge in [0.1, 0.15) is 22.3 Å². The van der Waals surface area contributed by atoms with Crippen molar-refractivity contribution in [2.24, 2.45) is 0 Å². The van der Waals surface area contributed by atoms with Crippen molar-refractivity contribution in [1.82, 2.24) is 4.98 Å². The monoisotopic (exact) mass is 280 g/mol. The third-order valence-corrected chi connectivity index (χ3v) is 14.1. The highest BCUT2D eigenvalue weighted by molar-refractivity contribution is 7.00. The van der Waals surface area contributed by atoms with Crippen LogP contribution in [-0.4, -0.2) is 21.5 Å². The number of hydrogen-bond donors (Lipinski definition) is 0. The Balaban J connectivity index is 3.30. The van der Waals surface area contributed by atoms with Gasteiger partial charge in [-0.15, -0.1) is 0 Å². The molecule has 0 N–H and O–H groups in total. The minimum atomic E-state index is -1.39. The molecule has 0 saturated carbocycles. The van der Waals surface area contributed by atoms with E-state index in [0.29, 0.717) is 0 Å². The van der Waals surface area contributed by atoms with Crippen LogP contribution in [0.5, 0.6) is 0 Å². The lowest BCUT2D eigenvalue weighted by molar-refractivity contribution is 1.10. The Kier molecular flexibility index (Phi) is 5.16. The van der Waals surface area contributed by atoms with E-state index in [2.05, 4.69) is 61.8 Å². The van der Waals surface area contributed by atoms with Crippen LogP contribution in [0.25, 0.3) is 0 Å². The molecule has 0 fully saturated rings. The van der Waals surface area contributed by atoms with E-state index in [-0.39, 0.29) is 0 Å². The molecule has 0 aliphatic rings. The lowest BCUT2D eigenvalue weighted by Crippen LogP contribution is -2.63. The van der Waals surface area contributed by atoms with Crippen molar-refractivity contribution in [3.8, 4) is 0 Å². The highest BCUT2D eigenvalue weighted by Gasteiger charge is 2.41. The predicted octanol–water partition coefficient (Wildman–Crippen LogP) is 4.73. The molecule has 102 valence electrons. The van der Waals surface area contributed by atoms with Crippen LogP contribution in [0.3, 0.4) is 0 Å². The first-order chi connectivity index (χ1) is 8.41. The third-order valence-electron chi connectivity index (χ3n) is 4.00. The first-order valence-corrected chi connectivity index (χ1v) is 13.1.